The smallest absolute Gasteiger partial charge is 0.226 e. The lowest BCUT2D eigenvalue weighted by Gasteiger charge is -2.16. The summed E-state index contributed by atoms with van der Waals surface area (Å²) in [5.74, 6) is 2.04. The number of carbonyl (C=O) groups is 1. The average Bonchev–Trinajstić information content (AvgIpc) is 3.23. The molecule has 1 saturated carbocycles. The van der Waals surface area contributed by atoms with Gasteiger partial charge in [0.2, 0.25) is 11.8 Å². The van der Waals surface area contributed by atoms with E-state index in [2.05, 4.69) is 22.4 Å². The molecule has 1 fully saturated rings. The van der Waals surface area contributed by atoms with Crippen LogP contribution in [-0.2, 0) is 11.2 Å². The summed E-state index contributed by atoms with van der Waals surface area (Å²) >= 11 is 0. The van der Waals surface area contributed by atoms with E-state index in [0.29, 0.717) is 31.2 Å². The molecule has 0 bridgehead atoms. The second kappa shape index (κ2) is 8.12. The third-order valence-corrected chi connectivity index (χ3v) is 3.78. The van der Waals surface area contributed by atoms with E-state index in [9.17, 15) is 4.79 Å². The zero-order valence-electron chi connectivity index (χ0n) is 12.8. The van der Waals surface area contributed by atoms with Crippen LogP contribution in [0.5, 0.6) is 0 Å². The first kappa shape index (κ1) is 15.9. The second-order valence-corrected chi connectivity index (χ2v) is 5.82. The number of carbonyl (C=O) groups excluding carboxylic acids is 1. The molecule has 0 radical (unpaired) electrons. The van der Waals surface area contributed by atoms with Gasteiger partial charge in [-0.2, -0.15) is 4.98 Å². The molecule has 6 heteroatoms. The Morgan fingerprint density at radius 3 is 2.95 bits per heavy atom. The second-order valence-electron chi connectivity index (χ2n) is 5.82. The van der Waals surface area contributed by atoms with Crippen molar-refractivity contribution in [3.63, 3.8) is 0 Å². The third-order valence-electron chi connectivity index (χ3n) is 3.78. The summed E-state index contributed by atoms with van der Waals surface area (Å²) in [5.41, 5.74) is 5.67. The number of amides is 1. The van der Waals surface area contributed by atoms with Gasteiger partial charge in [-0.1, -0.05) is 24.9 Å². The molecule has 6 nitrogen and oxygen atoms in total. The fraction of sp³-hybridized carbons (Fsp3) is 0.800. The van der Waals surface area contributed by atoms with Gasteiger partial charge in [0.25, 0.3) is 0 Å². The minimum atomic E-state index is 0.0588. The van der Waals surface area contributed by atoms with Crippen molar-refractivity contribution in [1.29, 1.82) is 0 Å². The Morgan fingerprint density at radius 2 is 2.29 bits per heavy atom. The lowest BCUT2D eigenvalue weighted by molar-refractivity contribution is -0.121. The summed E-state index contributed by atoms with van der Waals surface area (Å²) in [6.45, 7) is 2.63. The molecule has 1 aromatic heterocycles. The van der Waals surface area contributed by atoms with Crippen LogP contribution in [-0.4, -0.2) is 28.6 Å². The fourth-order valence-corrected chi connectivity index (χ4v) is 2.28. The first-order valence-corrected chi connectivity index (χ1v) is 8.04. The topological polar surface area (TPSA) is 94.0 Å². The normalized spacial score (nSPS) is 15.9. The van der Waals surface area contributed by atoms with Gasteiger partial charge in [-0.25, -0.2) is 0 Å². The third kappa shape index (κ3) is 5.46. The first-order chi connectivity index (χ1) is 10.2. The molecule has 1 aliphatic rings. The Morgan fingerprint density at radius 1 is 1.48 bits per heavy atom. The van der Waals surface area contributed by atoms with Crippen molar-refractivity contribution in [2.45, 2.75) is 70.3 Å². The van der Waals surface area contributed by atoms with E-state index in [1.165, 1.54) is 12.8 Å². The highest BCUT2D eigenvalue weighted by molar-refractivity contribution is 5.76. The minimum Gasteiger partial charge on any atom is -0.352 e. The molecule has 0 saturated heterocycles. The first-order valence-electron chi connectivity index (χ1n) is 8.04. The number of aromatic nitrogens is 2. The van der Waals surface area contributed by atoms with E-state index in [1.54, 1.807) is 0 Å². The van der Waals surface area contributed by atoms with Crippen molar-refractivity contribution >= 4 is 5.91 Å². The summed E-state index contributed by atoms with van der Waals surface area (Å²) in [6.07, 6.45) is 7.36. The summed E-state index contributed by atoms with van der Waals surface area (Å²) in [4.78, 5) is 16.2. The number of hydrogen-bond acceptors (Lipinski definition) is 5. The molecule has 0 aromatic carbocycles. The molecule has 118 valence electrons. The molecule has 2 rings (SSSR count). The number of nitrogens with zero attached hydrogens (tertiary/aromatic N) is 2. The SMILES string of the molecule is CCCCC(CN)NC(=O)CCCc1nc(C2CC2)no1. The van der Waals surface area contributed by atoms with Crippen LogP contribution in [0.25, 0.3) is 0 Å². The van der Waals surface area contributed by atoms with E-state index in [4.69, 9.17) is 10.3 Å². The van der Waals surface area contributed by atoms with Gasteiger partial charge in [0, 0.05) is 31.3 Å². The largest absolute Gasteiger partial charge is 0.352 e. The molecule has 1 aromatic rings. The highest BCUT2D eigenvalue weighted by Crippen LogP contribution is 2.38. The zero-order chi connectivity index (χ0) is 15.1. The predicted octanol–water partition coefficient (Wildman–Crippen LogP) is 1.90. The van der Waals surface area contributed by atoms with Crippen molar-refractivity contribution in [3.8, 4) is 0 Å². The van der Waals surface area contributed by atoms with E-state index >= 15 is 0 Å². The molecular formula is C15H26N4O2. The maximum Gasteiger partial charge on any atom is 0.226 e. The van der Waals surface area contributed by atoms with Crippen LogP contribution >= 0.6 is 0 Å². The standard InChI is InChI=1S/C15H26N4O2/c1-2-3-5-12(10-16)17-13(20)6-4-7-14-18-15(19-21-14)11-8-9-11/h11-12H,2-10,16H2,1H3,(H,17,20). The van der Waals surface area contributed by atoms with Crippen LogP contribution in [0.4, 0.5) is 0 Å². The van der Waals surface area contributed by atoms with Crippen LogP contribution in [0.1, 0.15) is 69.5 Å². The van der Waals surface area contributed by atoms with Crippen molar-refractivity contribution in [1.82, 2.24) is 15.5 Å². The van der Waals surface area contributed by atoms with Gasteiger partial charge in [0.1, 0.15) is 0 Å². The molecule has 3 N–H and O–H groups in total. The number of nitrogens with two attached hydrogens (primary N) is 1. The van der Waals surface area contributed by atoms with E-state index < -0.39 is 0 Å². The summed E-state index contributed by atoms with van der Waals surface area (Å²) in [6, 6.07) is 0.0994. The van der Waals surface area contributed by atoms with Crippen LogP contribution in [0.2, 0.25) is 0 Å². The molecule has 1 amide bonds. The van der Waals surface area contributed by atoms with E-state index in [1.807, 2.05) is 0 Å². The number of unbranched alkanes of at least 4 members (excludes halogenated alkanes) is 1. The van der Waals surface area contributed by atoms with Gasteiger partial charge in [-0.3, -0.25) is 4.79 Å². The molecule has 0 aliphatic heterocycles. The molecule has 1 aliphatic carbocycles. The Balaban J connectivity index is 1.63. The summed E-state index contributed by atoms with van der Waals surface area (Å²) in [7, 11) is 0. The maximum atomic E-state index is 11.9. The van der Waals surface area contributed by atoms with Crippen LogP contribution < -0.4 is 11.1 Å². The van der Waals surface area contributed by atoms with Gasteiger partial charge in [-0.15, -0.1) is 0 Å². The van der Waals surface area contributed by atoms with Crippen LogP contribution in [0.15, 0.2) is 4.52 Å². The van der Waals surface area contributed by atoms with Crippen molar-refractivity contribution in [2.24, 2.45) is 5.73 Å². The summed E-state index contributed by atoms with van der Waals surface area (Å²) < 4.78 is 5.19. The quantitative estimate of drug-likeness (QED) is 0.687. The predicted molar refractivity (Wildman–Crippen MR) is 79.7 cm³/mol. The number of nitrogens with one attached hydrogen (secondary N) is 1. The molecular weight excluding hydrogens is 268 g/mol. The van der Waals surface area contributed by atoms with Crippen molar-refractivity contribution in [2.75, 3.05) is 6.54 Å². The zero-order valence-corrected chi connectivity index (χ0v) is 12.8. The molecule has 21 heavy (non-hydrogen) atoms. The van der Waals surface area contributed by atoms with Gasteiger partial charge < -0.3 is 15.6 Å². The van der Waals surface area contributed by atoms with Gasteiger partial charge in [0.05, 0.1) is 0 Å². The maximum absolute atomic E-state index is 11.9. The number of rotatable bonds is 10. The van der Waals surface area contributed by atoms with Crippen molar-refractivity contribution in [3.05, 3.63) is 11.7 Å². The van der Waals surface area contributed by atoms with E-state index in [0.717, 1.165) is 31.5 Å². The Labute approximate surface area is 125 Å². The molecule has 0 spiro atoms. The van der Waals surface area contributed by atoms with Crippen LogP contribution in [0, 0.1) is 0 Å². The summed E-state index contributed by atoms with van der Waals surface area (Å²) in [5, 5.41) is 6.96. The van der Waals surface area contributed by atoms with Gasteiger partial charge in [0.15, 0.2) is 5.82 Å². The highest BCUT2D eigenvalue weighted by Gasteiger charge is 2.28. The Bertz CT molecular complexity index is 443. The minimum absolute atomic E-state index is 0.0588. The van der Waals surface area contributed by atoms with Gasteiger partial charge >= 0.3 is 0 Å². The van der Waals surface area contributed by atoms with E-state index in [-0.39, 0.29) is 11.9 Å². The average molecular weight is 294 g/mol. The van der Waals surface area contributed by atoms with Crippen LogP contribution in [0.3, 0.4) is 0 Å². The lowest BCUT2D eigenvalue weighted by atomic mass is 10.1. The Hall–Kier alpha value is -1.43. The molecule has 1 atom stereocenters. The molecule has 1 heterocycles. The van der Waals surface area contributed by atoms with Crippen molar-refractivity contribution < 1.29 is 9.32 Å². The highest BCUT2D eigenvalue weighted by atomic mass is 16.5. The number of aryl methyl sites for hydroxylation is 1. The lowest BCUT2D eigenvalue weighted by Crippen LogP contribution is -2.40. The monoisotopic (exact) mass is 294 g/mol. The Kier molecular flexibility index (Phi) is 6.17. The van der Waals surface area contributed by atoms with Gasteiger partial charge in [-0.05, 0) is 25.7 Å². The number of hydrogen-bond donors (Lipinski definition) is 2. The molecule has 1 unspecified atom stereocenters. The fourth-order valence-electron chi connectivity index (χ4n) is 2.28.